The van der Waals surface area contributed by atoms with Crippen molar-refractivity contribution in [3.8, 4) is 0 Å². The van der Waals surface area contributed by atoms with Crippen molar-refractivity contribution in [2.75, 3.05) is 6.54 Å². The zero-order chi connectivity index (χ0) is 19.6. The van der Waals surface area contributed by atoms with Gasteiger partial charge in [0.05, 0.1) is 18.5 Å². The lowest BCUT2D eigenvalue weighted by Gasteiger charge is -2.25. The van der Waals surface area contributed by atoms with Crippen molar-refractivity contribution in [1.82, 2.24) is 15.4 Å². The summed E-state index contributed by atoms with van der Waals surface area (Å²) < 4.78 is 17.7. The van der Waals surface area contributed by atoms with E-state index in [0.717, 1.165) is 11.8 Å². The van der Waals surface area contributed by atoms with E-state index in [1.165, 1.54) is 12.1 Å². The van der Waals surface area contributed by atoms with Gasteiger partial charge >= 0.3 is 5.97 Å². The van der Waals surface area contributed by atoms with Crippen molar-refractivity contribution in [2.45, 2.75) is 25.9 Å². The van der Waals surface area contributed by atoms with E-state index < -0.39 is 11.9 Å². The maximum atomic E-state index is 13.1. The minimum absolute atomic E-state index is 0.0575. The highest BCUT2D eigenvalue weighted by atomic mass is 19.1. The quantitative estimate of drug-likeness (QED) is 0.795. The second-order valence-corrected chi connectivity index (χ2v) is 6.37. The molecule has 2 atom stereocenters. The van der Waals surface area contributed by atoms with Crippen LogP contribution in [0.2, 0.25) is 0 Å². The highest BCUT2D eigenvalue weighted by molar-refractivity contribution is 5.90. The van der Waals surface area contributed by atoms with Gasteiger partial charge in [-0.3, -0.25) is 9.59 Å². The van der Waals surface area contributed by atoms with Gasteiger partial charge in [-0.25, -0.2) is 9.18 Å². The predicted octanol–water partition coefficient (Wildman–Crippen LogP) is 1.74. The second kappa shape index (κ2) is 7.56. The number of nitrogens with zero attached hydrogens (tertiary/aromatic N) is 2. The highest BCUT2D eigenvalue weighted by Crippen LogP contribution is 2.28. The minimum Gasteiger partial charge on any atom is -0.478 e. The molecular weight excluding hydrogens is 357 g/mol. The fraction of sp³-hybridized carbons (Fsp3) is 0.333. The van der Waals surface area contributed by atoms with Crippen LogP contribution in [0.5, 0.6) is 0 Å². The first-order valence-electron chi connectivity index (χ1n) is 8.36. The van der Waals surface area contributed by atoms with Crippen LogP contribution in [0.4, 0.5) is 4.39 Å². The Morgan fingerprint density at radius 3 is 2.78 bits per heavy atom. The Morgan fingerprint density at radius 1 is 1.41 bits per heavy atom. The maximum absolute atomic E-state index is 13.1. The van der Waals surface area contributed by atoms with Gasteiger partial charge in [0.2, 0.25) is 11.8 Å². The molecule has 2 aromatic rings. The normalized spacial score (nSPS) is 17.8. The molecule has 0 radical (unpaired) electrons. The van der Waals surface area contributed by atoms with Crippen LogP contribution in [0.15, 0.2) is 35.1 Å². The number of aromatic nitrogens is 1. The molecule has 0 saturated carbocycles. The molecule has 1 aromatic heterocycles. The fourth-order valence-electron chi connectivity index (χ4n) is 3.08. The molecule has 8 nitrogen and oxygen atoms in total. The molecule has 2 unspecified atom stereocenters. The third-order valence-corrected chi connectivity index (χ3v) is 4.65. The fourth-order valence-corrected chi connectivity index (χ4v) is 3.08. The lowest BCUT2D eigenvalue weighted by molar-refractivity contribution is -0.130. The van der Waals surface area contributed by atoms with Crippen LogP contribution in [0.3, 0.4) is 0 Å². The molecule has 142 valence electrons. The Morgan fingerprint density at radius 2 is 2.11 bits per heavy atom. The lowest BCUT2D eigenvalue weighted by Crippen LogP contribution is -2.33. The standard InChI is InChI=1S/C18H18FN3O5/c1-10(11-2-4-13(19)5-3-11)22-8-12(6-16(22)23)17(24)20-7-15-14(18(25)26)9-27-21-15/h2-5,9-10,12H,6-8H2,1H3,(H,20,24)(H,25,26). The smallest absolute Gasteiger partial charge is 0.341 e. The Kier molecular flexibility index (Phi) is 5.20. The van der Waals surface area contributed by atoms with Gasteiger partial charge in [-0.2, -0.15) is 0 Å². The van der Waals surface area contributed by atoms with Crippen molar-refractivity contribution in [1.29, 1.82) is 0 Å². The van der Waals surface area contributed by atoms with Gasteiger partial charge in [-0.05, 0) is 24.6 Å². The molecule has 0 spiro atoms. The average Bonchev–Trinajstić information content (AvgIpc) is 3.26. The number of hydrogen-bond acceptors (Lipinski definition) is 5. The number of rotatable bonds is 6. The Labute approximate surface area is 153 Å². The Balaban J connectivity index is 1.61. The van der Waals surface area contributed by atoms with E-state index in [-0.39, 0.29) is 54.4 Å². The molecule has 1 fully saturated rings. The number of halogens is 1. The van der Waals surface area contributed by atoms with E-state index in [9.17, 15) is 18.8 Å². The van der Waals surface area contributed by atoms with Crippen molar-refractivity contribution in [2.24, 2.45) is 5.92 Å². The van der Waals surface area contributed by atoms with Crippen LogP contribution in [0, 0.1) is 11.7 Å². The molecule has 27 heavy (non-hydrogen) atoms. The van der Waals surface area contributed by atoms with Gasteiger partial charge in [0.1, 0.15) is 23.3 Å². The molecule has 1 aliphatic heterocycles. The van der Waals surface area contributed by atoms with E-state index in [4.69, 9.17) is 5.11 Å². The van der Waals surface area contributed by atoms with Crippen LogP contribution < -0.4 is 5.32 Å². The van der Waals surface area contributed by atoms with E-state index in [0.29, 0.717) is 0 Å². The average molecular weight is 375 g/mol. The van der Waals surface area contributed by atoms with Crippen LogP contribution in [-0.2, 0) is 16.1 Å². The topological polar surface area (TPSA) is 113 Å². The van der Waals surface area contributed by atoms with Crippen LogP contribution in [0.25, 0.3) is 0 Å². The zero-order valence-corrected chi connectivity index (χ0v) is 14.5. The van der Waals surface area contributed by atoms with Crippen molar-refractivity contribution >= 4 is 17.8 Å². The summed E-state index contributed by atoms with van der Waals surface area (Å²) in [6.07, 6.45) is 1.05. The number of amides is 2. The highest BCUT2D eigenvalue weighted by Gasteiger charge is 2.37. The van der Waals surface area contributed by atoms with Crippen LogP contribution in [0.1, 0.15) is 41.0 Å². The third kappa shape index (κ3) is 3.97. The zero-order valence-electron chi connectivity index (χ0n) is 14.5. The van der Waals surface area contributed by atoms with E-state index in [1.54, 1.807) is 17.0 Å². The van der Waals surface area contributed by atoms with Crippen LogP contribution in [-0.4, -0.2) is 39.5 Å². The summed E-state index contributed by atoms with van der Waals surface area (Å²) in [4.78, 5) is 37.3. The van der Waals surface area contributed by atoms with E-state index >= 15 is 0 Å². The molecular formula is C18H18FN3O5. The molecule has 0 bridgehead atoms. The number of likely N-dealkylation sites (tertiary alicyclic amines) is 1. The summed E-state index contributed by atoms with van der Waals surface area (Å²) >= 11 is 0. The van der Waals surface area contributed by atoms with Gasteiger partial charge in [-0.15, -0.1) is 0 Å². The lowest BCUT2D eigenvalue weighted by atomic mass is 10.1. The van der Waals surface area contributed by atoms with E-state index in [2.05, 4.69) is 15.0 Å². The number of nitrogens with one attached hydrogen (secondary N) is 1. The summed E-state index contributed by atoms with van der Waals surface area (Å²) in [6.45, 7) is 1.95. The van der Waals surface area contributed by atoms with Gasteiger partial charge in [0, 0.05) is 13.0 Å². The number of benzene rings is 1. The number of carbonyl (C=O) groups is 3. The van der Waals surface area contributed by atoms with Crippen molar-refractivity contribution in [3.05, 3.63) is 53.2 Å². The number of aromatic carboxylic acids is 1. The Bertz CT molecular complexity index is 864. The summed E-state index contributed by atoms with van der Waals surface area (Å²) in [6, 6.07) is 5.59. The molecule has 1 aromatic carbocycles. The number of carbonyl (C=O) groups excluding carboxylic acids is 2. The first-order valence-corrected chi connectivity index (χ1v) is 8.36. The molecule has 1 aliphatic rings. The van der Waals surface area contributed by atoms with E-state index in [1.807, 2.05) is 6.92 Å². The van der Waals surface area contributed by atoms with Crippen molar-refractivity contribution in [3.63, 3.8) is 0 Å². The van der Waals surface area contributed by atoms with Gasteiger partial charge in [0.25, 0.3) is 0 Å². The molecule has 0 aliphatic carbocycles. The maximum Gasteiger partial charge on any atom is 0.341 e. The molecule has 2 heterocycles. The summed E-state index contributed by atoms with van der Waals surface area (Å²) in [5.41, 5.74) is 0.764. The van der Waals surface area contributed by atoms with Gasteiger partial charge in [0.15, 0.2) is 0 Å². The number of hydrogen-bond donors (Lipinski definition) is 2. The van der Waals surface area contributed by atoms with Crippen LogP contribution >= 0.6 is 0 Å². The Hall–Kier alpha value is -3.23. The first kappa shape index (κ1) is 18.6. The third-order valence-electron chi connectivity index (χ3n) is 4.65. The molecule has 2 amide bonds. The second-order valence-electron chi connectivity index (χ2n) is 6.37. The minimum atomic E-state index is -1.20. The SMILES string of the molecule is CC(c1ccc(F)cc1)N1CC(C(=O)NCc2nocc2C(=O)O)CC1=O. The largest absolute Gasteiger partial charge is 0.478 e. The first-order chi connectivity index (χ1) is 12.9. The number of carboxylic acid groups (broad SMARTS) is 1. The van der Waals surface area contributed by atoms with Gasteiger partial charge < -0.3 is 19.8 Å². The molecule has 2 N–H and O–H groups in total. The number of carboxylic acids is 1. The molecule has 1 saturated heterocycles. The monoisotopic (exact) mass is 375 g/mol. The summed E-state index contributed by atoms with van der Waals surface area (Å²) in [7, 11) is 0. The molecule has 3 rings (SSSR count). The van der Waals surface area contributed by atoms with Gasteiger partial charge in [-0.1, -0.05) is 17.3 Å². The molecule has 9 heteroatoms. The summed E-state index contributed by atoms with van der Waals surface area (Å²) in [5, 5.41) is 15.2. The summed E-state index contributed by atoms with van der Waals surface area (Å²) in [5.74, 6) is -2.64. The van der Waals surface area contributed by atoms with Crippen molar-refractivity contribution < 1.29 is 28.4 Å². The predicted molar refractivity (Wildman–Crippen MR) is 89.9 cm³/mol.